The van der Waals surface area contributed by atoms with Gasteiger partial charge < -0.3 is 33.8 Å². The van der Waals surface area contributed by atoms with Crippen LogP contribution in [0.2, 0.25) is 0 Å². The van der Waals surface area contributed by atoms with Gasteiger partial charge in [-0.25, -0.2) is 9.13 Å². The van der Waals surface area contributed by atoms with Gasteiger partial charge >= 0.3 is 39.5 Å². The molecule has 0 fully saturated rings. The number of carbonyl (C=O) groups is 4. The first-order chi connectivity index (χ1) is 45.1. The van der Waals surface area contributed by atoms with E-state index in [-0.39, 0.29) is 25.7 Å². The Morgan fingerprint density at radius 1 is 0.298 bits per heavy atom. The second-order valence-electron chi connectivity index (χ2n) is 28.7. The summed E-state index contributed by atoms with van der Waals surface area (Å²) in [5, 5.41) is 10.6. The molecule has 0 aromatic rings. The molecule has 0 spiro atoms. The SMILES string of the molecule is CCC(C)CCCCCCCCC(=O)OC[C@H](COP(=O)(O)OC[C@H](O)COP(=O)(O)OC[C@@H](COC(=O)CCCCCCCCC(C)C)OC(=O)CCCCCCCCCCCCCC(C)C)OC(=O)CCCCCCCCCCCCCCCCCCCCC(C)C. The van der Waals surface area contributed by atoms with Gasteiger partial charge in [-0.2, -0.15) is 0 Å². The predicted molar refractivity (Wildman–Crippen MR) is 381 cm³/mol. The highest BCUT2D eigenvalue weighted by Crippen LogP contribution is 2.45. The van der Waals surface area contributed by atoms with Crippen molar-refractivity contribution >= 4 is 39.5 Å². The highest BCUT2D eigenvalue weighted by atomic mass is 31.2. The van der Waals surface area contributed by atoms with Gasteiger partial charge in [0, 0.05) is 25.7 Å². The van der Waals surface area contributed by atoms with Crippen LogP contribution in [0.3, 0.4) is 0 Å². The topological polar surface area (TPSA) is 237 Å². The molecule has 0 aromatic carbocycles. The van der Waals surface area contributed by atoms with Crippen LogP contribution in [0, 0.1) is 23.7 Å². The molecular weight excluding hydrogens is 1230 g/mol. The lowest BCUT2D eigenvalue weighted by Gasteiger charge is -2.21. The van der Waals surface area contributed by atoms with E-state index in [0.29, 0.717) is 31.6 Å². The van der Waals surface area contributed by atoms with E-state index >= 15 is 0 Å². The highest BCUT2D eigenvalue weighted by Gasteiger charge is 2.30. The second kappa shape index (κ2) is 64.4. The molecule has 17 nitrogen and oxygen atoms in total. The summed E-state index contributed by atoms with van der Waals surface area (Å²) in [5.41, 5.74) is 0. The van der Waals surface area contributed by atoms with Gasteiger partial charge in [0.2, 0.25) is 0 Å². The lowest BCUT2D eigenvalue weighted by molar-refractivity contribution is -0.161. The van der Waals surface area contributed by atoms with E-state index in [1.807, 2.05) is 0 Å². The first kappa shape index (κ1) is 92.1. The Bertz CT molecular complexity index is 1850. The van der Waals surface area contributed by atoms with Crippen molar-refractivity contribution < 1.29 is 80.2 Å². The van der Waals surface area contributed by atoms with Crippen LogP contribution in [0.4, 0.5) is 0 Å². The summed E-state index contributed by atoms with van der Waals surface area (Å²) in [6.45, 7) is 14.1. The highest BCUT2D eigenvalue weighted by molar-refractivity contribution is 7.47. The molecule has 0 aliphatic heterocycles. The lowest BCUT2D eigenvalue weighted by Crippen LogP contribution is -2.30. The molecule has 0 heterocycles. The molecule has 0 aromatic heterocycles. The fourth-order valence-corrected chi connectivity index (χ4v) is 12.9. The summed E-state index contributed by atoms with van der Waals surface area (Å²) in [5.74, 6) is 0.869. The number of hydrogen-bond acceptors (Lipinski definition) is 15. The summed E-state index contributed by atoms with van der Waals surface area (Å²) in [4.78, 5) is 72.7. The molecule has 0 radical (unpaired) electrons. The van der Waals surface area contributed by atoms with E-state index in [1.165, 1.54) is 167 Å². The standard InChI is InChI=1S/C75H146O17P2/c1-9-68(8)54-46-38-32-34-40-48-56-73(78)86-62-71(92-74(79)57-49-41-29-25-21-17-15-13-11-10-12-14-16-19-23-27-35-43-51-65(2)3)64-90-94(83,84)88-60-69(76)59-87-93(81,82)89-63-70(61-85-72(77)55-47-39-33-31-37-45-53-67(6)7)91-75(80)58-50-42-30-26-22-18-20-24-28-36-44-52-66(4)5/h65-71,76H,9-64H2,1-8H3,(H,81,82)(H,83,84)/t68?,69-,70-,71-/m1/s1. The maximum atomic E-state index is 13.1. The number of ether oxygens (including phenoxy) is 4. The van der Waals surface area contributed by atoms with Crippen LogP contribution in [0.5, 0.6) is 0 Å². The summed E-state index contributed by atoms with van der Waals surface area (Å²) < 4.78 is 68.4. The maximum absolute atomic E-state index is 13.1. The fraction of sp³-hybridized carbons (Fsp3) is 0.947. The first-order valence-corrected chi connectivity index (χ1v) is 41.7. The number of phosphoric ester groups is 2. The maximum Gasteiger partial charge on any atom is 0.472 e. The van der Waals surface area contributed by atoms with Crippen LogP contribution in [0.25, 0.3) is 0 Å². The average molecular weight is 1380 g/mol. The molecule has 0 aliphatic carbocycles. The molecular formula is C75H146O17P2. The number of esters is 4. The van der Waals surface area contributed by atoms with Gasteiger partial charge in [0.1, 0.15) is 19.3 Å². The lowest BCUT2D eigenvalue weighted by atomic mass is 10.00. The van der Waals surface area contributed by atoms with Crippen molar-refractivity contribution in [2.24, 2.45) is 23.7 Å². The van der Waals surface area contributed by atoms with Gasteiger partial charge in [0.15, 0.2) is 12.2 Å². The van der Waals surface area contributed by atoms with E-state index in [9.17, 15) is 43.2 Å². The number of phosphoric acid groups is 2. The molecule has 0 saturated heterocycles. The third kappa shape index (κ3) is 67.3. The normalized spacial score (nSPS) is 14.4. The van der Waals surface area contributed by atoms with E-state index in [1.54, 1.807) is 0 Å². The molecule has 19 heteroatoms. The minimum Gasteiger partial charge on any atom is -0.462 e. The van der Waals surface area contributed by atoms with E-state index in [4.69, 9.17) is 37.0 Å². The smallest absolute Gasteiger partial charge is 0.462 e. The average Bonchev–Trinajstić information content (AvgIpc) is 1.45. The number of hydrogen-bond donors (Lipinski definition) is 3. The van der Waals surface area contributed by atoms with Gasteiger partial charge in [-0.3, -0.25) is 37.3 Å². The van der Waals surface area contributed by atoms with Gasteiger partial charge in [-0.1, -0.05) is 325 Å². The molecule has 3 unspecified atom stereocenters. The van der Waals surface area contributed by atoms with Gasteiger partial charge in [-0.15, -0.1) is 0 Å². The monoisotopic (exact) mass is 1380 g/mol. The summed E-state index contributed by atoms with van der Waals surface area (Å²) in [7, 11) is -9.91. The third-order valence-corrected chi connectivity index (χ3v) is 19.6. The van der Waals surface area contributed by atoms with Crippen molar-refractivity contribution in [2.45, 2.75) is 395 Å². The van der Waals surface area contributed by atoms with Crippen LogP contribution in [-0.2, 0) is 65.4 Å². The molecule has 0 bridgehead atoms. The Hall–Kier alpha value is -1.94. The Balaban J connectivity index is 5.17. The molecule has 6 atom stereocenters. The van der Waals surface area contributed by atoms with E-state index < -0.39 is 97.5 Å². The molecule has 3 N–H and O–H groups in total. The molecule has 0 rings (SSSR count). The molecule has 0 aliphatic rings. The van der Waals surface area contributed by atoms with Crippen molar-refractivity contribution in [1.29, 1.82) is 0 Å². The van der Waals surface area contributed by atoms with Gasteiger partial charge in [-0.05, 0) is 49.4 Å². The van der Waals surface area contributed by atoms with Crippen LogP contribution >= 0.6 is 15.6 Å². The van der Waals surface area contributed by atoms with Crippen molar-refractivity contribution in [2.75, 3.05) is 39.6 Å². The molecule has 0 amide bonds. The van der Waals surface area contributed by atoms with Crippen LogP contribution in [0.1, 0.15) is 376 Å². The van der Waals surface area contributed by atoms with E-state index in [0.717, 1.165) is 120 Å². The van der Waals surface area contributed by atoms with Crippen LogP contribution in [0.15, 0.2) is 0 Å². The minimum atomic E-state index is -4.96. The Labute approximate surface area is 575 Å². The minimum absolute atomic E-state index is 0.105. The largest absolute Gasteiger partial charge is 0.472 e. The molecule has 0 saturated carbocycles. The van der Waals surface area contributed by atoms with Crippen LogP contribution < -0.4 is 0 Å². The summed E-state index contributed by atoms with van der Waals surface area (Å²) in [6.07, 6.45) is 48.9. The number of rotatable bonds is 72. The Morgan fingerprint density at radius 2 is 0.511 bits per heavy atom. The van der Waals surface area contributed by atoms with Gasteiger partial charge in [0.05, 0.1) is 26.4 Å². The van der Waals surface area contributed by atoms with E-state index in [2.05, 4.69) is 55.4 Å². The van der Waals surface area contributed by atoms with Crippen molar-refractivity contribution in [3.8, 4) is 0 Å². The summed E-state index contributed by atoms with van der Waals surface area (Å²) >= 11 is 0. The second-order valence-corrected chi connectivity index (χ2v) is 31.6. The zero-order valence-electron chi connectivity index (χ0n) is 61.6. The van der Waals surface area contributed by atoms with Crippen LogP contribution in [-0.4, -0.2) is 96.7 Å². The number of carbonyl (C=O) groups excluding carboxylic acids is 4. The van der Waals surface area contributed by atoms with Crippen molar-refractivity contribution in [3.63, 3.8) is 0 Å². The first-order valence-electron chi connectivity index (χ1n) is 38.7. The zero-order valence-corrected chi connectivity index (χ0v) is 63.4. The quantitative estimate of drug-likeness (QED) is 0.0222. The van der Waals surface area contributed by atoms with Gasteiger partial charge in [0.25, 0.3) is 0 Å². The predicted octanol–water partition coefficient (Wildman–Crippen LogP) is 21.7. The third-order valence-electron chi connectivity index (χ3n) is 17.7. The molecule has 558 valence electrons. The number of aliphatic hydroxyl groups is 1. The number of aliphatic hydroxyl groups excluding tert-OH is 1. The fourth-order valence-electron chi connectivity index (χ4n) is 11.3. The summed E-state index contributed by atoms with van der Waals surface area (Å²) in [6, 6.07) is 0. The number of unbranched alkanes of at least 4 members (excludes halogenated alkanes) is 37. The van der Waals surface area contributed by atoms with Crippen molar-refractivity contribution in [1.82, 2.24) is 0 Å². The molecule has 94 heavy (non-hydrogen) atoms. The Kier molecular flexibility index (Phi) is 63.1. The Morgan fingerprint density at radius 3 is 0.755 bits per heavy atom. The van der Waals surface area contributed by atoms with Crippen molar-refractivity contribution in [3.05, 3.63) is 0 Å². The zero-order chi connectivity index (χ0) is 69.6.